The van der Waals surface area contributed by atoms with Gasteiger partial charge in [-0.25, -0.2) is 4.98 Å². The monoisotopic (exact) mass is 462 g/mol. The number of fused-ring (bicyclic) bond motifs is 1. The number of carbonyl (C=O) groups is 1. The fourth-order valence-corrected chi connectivity index (χ4v) is 4.76. The zero-order chi connectivity index (χ0) is 22.8. The third kappa shape index (κ3) is 4.11. The molecule has 1 aliphatic rings. The Kier molecular flexibility index (Phi) is 6.25. The third-order valence-corrected chi connectivity index (χ3v) is 6.58. The largest absolute Gasteiger partial charge is 0.363 e. The normalized spacial score (nSPS) is 16.1. The second-order valence-corrected chi connectivity index (χ2v) is 9.10. The van der Waals surface area contributed by atoms with Crippen molar-refractivity contribution < 1.29 is 4.79 Å². The van der Waals surface area contributed by atoms with Gasteiger partial charge in [-0.05, 0) is 37.1 Å². The molecule has 1 amide bonds. The number of hydrogen-bond donors (Lipinski definition) is 1. The van der Waals surface area contributed by atoms with Crippen molar-refractivity contribution in [1.82, 2.24) is 14.3 Å². The number of hydrogen-bond acceptors (Lipinski definition) is 6. The molecule has 0 bridgehead atoms. The fraction of sp³-hybridized carbons (Fsp3) is 0.167. The molecule has 1 aliphatic heterocycles. The lowest BCUT2D eigenvalue weighted by molar-refractivity contribution is -0.121. The summed E-state index contributed by atoms with van der Waals surface area (Å²) in [6, 6.07) is 13.5. The average molecular weight is 463 g/mol. The van der Waals surface area contributed by atoms with Crippen molar-refractivity contribution in [2.75, 3.05) is 11.9 Å². The van der Waals surface area contributed by atoms with Gasteiger partial charge in [0.15, 0.2) is 0 Å². The number of aryl methyl sites for hydroxylation is 1. The molecule has 0 saturated carbocycles. The van der Waals surface area contributed by atoms with Crippen molar-refractivity contribution in [2.45, 2.75) is 19.9 Å². The molecule has 1 saturated heterocycles. The number of thioether (sulfide) groups is 1. The molecule has 0 aliphatic carbocycles. The van der Waals surface area contributed by atoms with Crippen LogP contribution in [0.15, 0.2) is 71.0 Å². The SMILES string of the molecule is C=CCN1C(=O)/C(=C/c2c(N[C@@H](C)c3ccccc3)nc3c(C)cccn3c2=O)SC1=S. The highest BCUT2D eigenvalue weighted by Gasteiger charge is 2.32. The van der Waals surface area contributed by atoms with Crippen LogP contribution in [-0.4, -0.2) is 31.1 Å². The smallest absolute Gasteiger partial charge is 0.267 e. The number of rotatable bonds is 6. The summed E-state index contributed by atoms with van der Waals surface area (Å²) in [5.74, 6) is 0.185. The van der Waals surface area contributed by atoms with Crippen LogP contribution in [0.3, 0.4) is 0 Å². The van der Waals surface area contributed by atoms with E-state index in [0.29, 0.717) is 32.8 Å². The van der Waals surface area contributed by atoms with E-state index < -0.39 is 0 Å². The number of nitrogens with zero attached hydrogens (tertiary/aromatic N) is 3. The molecule has 162 valence electrons. The van der Waals surface area contributed by atoms with Crippen LogP contribution in [0.2, 0.25) is 0 Å². The van der Waals surface area contributed by atoms with Crippen LogP contribution in [0, 0.1) is 6.92 Å². The van der Waals surface area contributed by atoms with Gasteiger partial charge in [-0.3, -0.25) is 18.9 Å². The van der Waals surface area contributed by atoms with Gasteiger partial charge >= 0.3 is 0 Å². The lowest BCUT2D eigenvalue weighted by Gasteiger charge is -2.18. The van der Waals surface area contributed by atoms with Gasteiger partial charge in [0.05, 0.1) is 10.5 Å². The minimum Gasteiger partial charge on any atom is -0.363 e. The number of nitrogens with one attached hydrogen (secondary N) is 1. The quantitative estimate of drug-likeness (QED) is 0.329. The van der Waals surface area contributed by atoms with Crippen molar-refractivity contribution >= 4 is 51.7 Å². The number of amides is 1. The Morgan fingerprint density at radius 3 is 2.69 bits per heavy atom. The molecule has 0 unspecified atom stereocenters. The number of thiocarbonyl (C=S) groups is 1. The maximum Gasteiger partial charge on any atom is 0.267 e. The average Bonchev–Trinajstić information content (AvgIpc) is 3.05. The summed E-state index contributed by atoms with van der Waals surface area (Å²) in [6.07, 6.45) is 4.90. The first-order chi connectivity index (χ1) is 15.4. The molecule has 2 aromatic heterocycles. The molecule has 1 atom stereocenters. The van der Waals surface area contributed by atoms with Crippen LogP contribution in [0.25, 0.3) is 11.7 Å². The number of aromatic nitrogens is 2. The highest BCUT2D eigenvalue weighted by Crippen LogP contribution is 2.33. The van der Waals surface area contributed by atoms with Crippen molar-refractivity contribution in [3.05, 3.63) is 93.3 Å². The molecule has 4 rings (SSSR count). The molecule has 8 heteroatoms. The standard InChI is InChI=1S/C24H22N4O2S2/c1-4-12-28-23(30)19(32-24(28)31)14-18-20(25-16(3)17-10-6-5-7-11-17)26-21-15(2)9-8-13-27(21)22(18)29/h4-11,13-14,16,25H,1,12H2,2-3H3/b19-14-/t16-/m0/s1. The third-order valence-electron chi connectivity index (χ3n) is 5.20. The highest BCUT2D eigenvalue weighted by molar-refractivity contribution is 8.26. The molecular weight excluding hydrogens is 440 g/mol. The topological polar surface area (TPSA) is 66.7 Å². The van der Waals surface area contributed by atoms with Crippen LogP contribution in [0.1, 0.15) is 29.7 Å². The van der Waals surface area contributed by atoms with E-state index in [1.807, 2.05) is 50.2 Å². The van der Waals surface area contributed by atoms with E-state index in [0.717, 1.165) is 11.1 Å². The van der Waals surface area contributed by atoms with E-state index in [-0.39, 0.29) is 17.5 Å². The van der Waals surface area contributed by atoms with E-state index >= 15 is 0 Å². The second kappa shape index (κ2) is 9.10. The number of pyridine rings is 1. The summed E-state index contributed by atoms with van der Waals surface area (Å²) in [5, 5.41) is 3.37. The first kappa shape index (κ1) is 22.0. The summed E-state index contributed by atoms with van der Waals surface area (Å²) in [5.41, 5.74) is 2.56. The van der Waals surface area contributed by atoms with E-state index in [4.69, 9.17) is 17.2 Å². The van der Waals surface area contributed by atoms with Gasteiger partial charge in [-0.2, -0.15) is 0 Å². The summed E-state index contributed by atoms with van der Waals surface area (Å²) in [7, 11) is 0. The van der Waals surface area contributed by atoms with Crippen molar-refractivity contribution in [3.8, 4) is 0 Å². The van der Waals surface area contributed by atoms with Gasteiger partial charge in [-0.15, -0.1) is 6.58 Å². The lowest BCUT2D eigenvalue weighted by atomic mass is 10.1. The van der Waals surface area contributed by atoms with Crippen LogP contribution in [0.4, 0.5) is 5.82 Å². The summed E-state index contributed by atoms with van der Waals surface area (Å²) >= 11 is 6.51. The van der Waals surface area contributed by atoms with E-state index in [9.17, 15) is 9.59 Å². The van der Waals surface area contributed by atoms with E-state index in [2.05, 4.69) is 11.9 Å². The van der Waals surface area contributed by atoms with Gasteiger partial charge in [0.25, 0.3) is 11.5 Å². The van der Waals surface area contributed by atoms with Crippen molar-refractivity contribution in [3.63, 3.8) is 0 Å². The molecule has 1 fully saturated rings. The minimum atomic E-state index is -0.254. The highest BCUT2D eigenvalue weighted by atomic mass is 32.2. The minimum absolute atomic E-state index is 0.100. The zero-order valence-corrected chi connectivity index (χ0v) is 19.4. The predicted molar refractivity (Wildman–Crippen MR) is 135 cm³/mol. The van der Waals surface area contributed by atoms with Crippen LogP contribution in [-0.2, 0) is 4.79 Å². The van der Waals surface area contributed by atoms with Gasteiger partial charge in [0, 0.05) is 18.8 Å². The number of anilines is 1. The Balaban J connectivity index is 1.85. The molecule has 1 aromatic carbocycles. The Bertz CT molecular complexity index is 1310. The Hall–Kier alpha value is -3.23. The lowest BCUT2D eigenvalue weighted by Crippen LogP contribution is -2.28. The van der Waals surface area contributed by atoms with Gasteiger partial charge in [-0.1, -0.05) is 66.5 Å². The number of benzene rings is 1. The van der Waals surface area contributed by atoms with Gasteiger partial charge < -0.3 is 5.32 Å². The first-order valence-electron chi connectivity index (χ1n) is 10.1. The zero-order valence-electron chi connectivity index (χ0n) is 17.7. The van der Waals surface area contributed by atoms with Gasteiger partial charge in [0.2, 0.25) is 0 Å². The van der Waals surface area contributed by atoms with E-state index in [1.54, 1.807) is 24.4 Å². The molecule has 3 heterocycles. The molecule has 32 heavy (non-hydrogen) atoms. The Labute approximate surface area is 195 Å². The van der Waals surface area contributed by atoms with Gasteiger partial charge in [0.1, 0.15) is 15.8 Å². The molecular formula is C24H22N4O2S2. The summed E-state index contributed by atoms with van der Waals surface area (Å²) in [4.78, 5) is 32.9. The summed E-state index contributed by atoms with van der Waals surface area (Å²) in [6.45, 7) is 7.92. The van der Waals surface area contributed by atoms with Crippen LogP contribution in [0.5, 0.6) is 0 Å². The van der Waals surface area contributed by atoms with Crippen LogP contribution >= 0.6 is 24.0 Å². The second-order valence-electron chi connectivity index (χ2n) is 7.42. The van der Waals surface area contributed by atoms with Crippen LogP contribution < -0.4 is 10.9 Å². The fourth-order valence-electron chi connectivity index (χ4n) is 3.50. The van der Waals surface area contributed by atoms with E-state index in [1.165, 1.54) is 21.1 Å². The maximum absolute atomic E-state index is 13.5. The van der Waals surface area contributed by atoms with Crippen molar-refractivity contribution in [2.24, 2.45) is 0 Å². The molecule has 1 N–H and O–H groups in total. The molecule has 0 spiro atoms. The Morgan fingerprint density at radius 2 is 1.97 bits per heavy atom. The summed E-state index contributed by atoms with van der Waals surface area (Å²) < 4.78 is 1.95. The first-order valence-corrected chi connectivity index (χ1v) is 11.3. The molecule has 3 aromatic rings. The van der Waals surface area contributed by atoms with Crippen molar-refractivity contribution in [1.29, 1.82) is 0 Å². The maximum atomic E-state index is 13.5. The molecule has 0 radical (unpaired) electrons. The number of carbonyl (C=O) groups excluding carboxylic acids is 1. The predicted octanol–water partition coefficient (Wildman–Crippen LogP) is 4.56. The molecule has 6 nitrogen and oxygen atoms in total. The Morgan fingerprint density at radius 1 is 1.22 bits per heavy atom.